The highest BCUT2D eigenvalue weighted by Gasteiger charge is 2.45. The highest BCUT2D eigenvalue weighted by Crippen LogP contribution is 2.41. The third kappa shape index (κ3) is 3.15. The molecular weight excluding hydrogens is 358 g/mol. The first-order chi connectivity index (χ1) is 11.4. The van der Waals surface area contributed by atoms with Crippen LogP contribution in [0.2, 0.25) is 0 Å². The third-order valence-electron chi connectivity index (χ3n) is 2.90. The smallest absolute Gasteiger partial charge is 0.319 e. The van der Waals surface area contributed by atoms with Gasteiger partial charge in [0.15, 0.2) is 0 Å². The maximum atomic E-state index is 14.0. The van der Waals surface area contributed by atoms with Crippen LogP contribution >= 0.6 is 0 Å². The molecule has 0 unspecified atom stereocenters. The minimum absolute atomic E-state index is 0.0517. The summed E-state index contributed by atoms with van der Waals surface area (Å²) >= 11 is 0. The van der Waals surface area contributed by atoms with Gasteiger partial charge in [-0.3, -0.25) is 19.7 Å². The Morgan fingerprint density at radius 3 is 2.44 bits per heavy atom. The number of amides is 1. The molecule has 1 aliphatic rings. The van der Waals surface area contributed by atoms with Gasteiger partial charge < -0.3 is 10.2 Å². The van der Waals surface area contributed by atoms with Crippen LogP contribution in [-0.4, -0.2) is 28.3 Å². The standard InChI is InChI=1S/C12H5F4N3O6/c1-3(20)25-18-8-10(21)6-5(17-11(8)22)2-4(12(14,15)16)7(13)9(6)19(23)24/h2H,1H3,(H,17,22). The van der Waals surface area contributed by atoms with Crippen molar-refractivity contribution in [2.24, 2.45) is 5.16 Å². The number of carbonyl (C=O) groups is 3. The molecule has 0 spiro atoms. The molecule has 1 amide bonds. The van der Waals surface area contributed by atoms with Gasteiger partial charge in [0.05, 0.1) is 10.6 Å². The first kappa shape index (κ1) is 18.0. The fourth-order valence-corrected chi connectivity index (χ4v) is 1.95. The highest BCUT2D eigenvalue weighted by atomic mass is 19.4. The fourth-order valence-electron chi connectivity index (χ4n) is 1.95. The molecule has 0 fully saturated rings. The molecule has 25 heavy (non-hydrogen) atoms. The zero-order valence-electron chi connectivity index (χ0n) is 11.9. The van der Waals surface area contributed by atoms with Gasteiger partial charge in [-0.15, -0.1) is 0 Å². The number of nitro benzene ring substituents is 1. The third-order valence-corrected chi connectivity index (χ3v) is 2.90. The van der Waals surface area contributed by atoms with Gasteiger partial charge in [0.25, 0.3) is 5.91 Å². The number of fused-ring (bicyclic) bond motifs is 1. The summed E-state index contributed by atoms with van der Waals surface area (Å²) in [5.41, 5.74) is -7.06. The Hall–Kier alpha value is -3.38. The number of hydrogen-bond donors (Lipinski definition) is 1. The number of Topliss-reactive ketones (excluding diaryl/α,β-unsaturated/α-hetero) is 1. The van der Waals surface area contributed by atoms with E-state index < -0.39 is 62.8 Å². The van der Waals surface area contributed by atoms with Crippen LogP contribution in [0.25, 0.3) is 0 Å². The lowest BCUT2D eigenvalue weighted by atomic mass is 9.95. The van der Waals surface area contributed by atoms with Crippen molar-refractivity contribution in [2.75, 3.05) is 5.32 Å². The van der Waals surface area contributed by atoms with Crippen molar-refractivity contribution in [1.82, 2.24) is 0 Å². The summed E-state index contributed by atoms with van der Waals surface area (Å²) in [6.07, 6.45) is -5.32. The number of ketones is 1. The average Bonchev–Trinajstić information content (AvgIpc) is 2.45. The summed E-state index contributed by atoms with van der Waals surface area (Å²) in [6, 6.07) is 0.0517. The second-order valence-corrected chi connectivity index (χ2v) is 4.57. The Kier molecular flexibility index (Phi) is 4.25. The number of nitro groups is 1. The monoisotopic (exact) mass is 363 g/mol. The van der Waals surface area contributed by atoms with E-state index in [-0.39, 0.29) is 6.07 Å². The Balaban J connectivity index is 2.77. The zero-order valence-corrected chi connectivity index (χ0v) is 11.9. The van der Waals surface area contributed by atoms with Crippen LogP contribution in [0.3, 0.4) is 0 Å². The second kappa shape index (κ2) is 5.92. The maximum absolute atomic E-state index is 14.0. The van der Waals surface area contributed by atoms with Crippen molar-refractivity contribution >= 4 is 34.7 Å². The topological polar surface area (TPSA) is 128 Å². The van der Waals surface area contributed by atoms with Gasteiger partial charge in [-0.05, 0) is 6.07 Å². The number of anilines is 1. The van der Waals surface area contributed by atoms with Gasteiger partial charge in [-0.25, -0.2) is 4.79 Å². The highest BCUT2D eigenvalue weighted by molar-refractivity contribution is 6.73. The van der Waals surface area contributed by atoms with Gasteiger partial charge >= 0.3 is 17.8 Å². The maximum Gasteiger partial charge on any atom is 0.419 e. The van der Waals surface area contributed by atoms with Crippen LogP contribution in [0.5, 0.6) is 0 Å². The van der Waals surface area contributed by atoms with Crippen LogP contribution in [0, 0.1) is 15.9 Å². The predicted octanol–water partition coefficient (Wildman–Crippen LogP) is 1.81. The van der Waals surface area contributed by atoms with Gasteiger partial charge in [0.2, 0.25) is 17.3 Å². The number of rotatable bonds is 2. The zero-order chi connectivity index (χ0) is 19.1. The van der Waals surface area contributed by atoms with Crippen LogP contribution in [-0.2, 0) is 20.6 Å². The van der Waals surface area contributed by atoms with Crippen LogP contribution in [0.15, 0.2) is 11.2 Å². The van der Waals surface area contributed by atoms with Crippen molar-refractivity contribution in [2.45, 2.75) is 13.1 Å². The molecule has 1 aromatic rings. The normalized spacial score (nSPS) is 15.6. The van der Waals surface area contributed by atoms with Crippen molar-refractivity contribution in [1.29, 1.82) is 0 Å². The molecule has 1 N–H and O–H groups in total. The lowest BCUT2D eigenvalue weighted by Crippen LogP contribution is -2.37. The minimum Gasteiger partial charge on any atom is -0.319 e. The van der Waals surface area contributed by atoms with E-state index in [9.17, 15) is 42.1 Å². The quantitative estimate of drug-likeness (QED) is 0.369. The average molecular weight is 363 g/mol. The van der Waals surface area contributed by atoms with Crippen LogP contribution in [0.4, 0.5) is 28.9 Å². The van der Waals surface area contributed by atoms with E-state index in [4.69, 9.17) is 0 Å². The van der Waals surface area contributed by atoms with Gasteiger partial charge in [-0.2, -0.15) is 17.6 Å². The van der Waals surface area contributed by atoms with Gasteiger partial charge in [0, 0.05) is 6.92 Å². The summed E-state index contributed by atoms with van der Waals surface area (Å²) < 4.78 is 52.4. The minimum atomic E-state index is -5.32. The summed E-state index contributed by atoms with van der Waals surface area (Å²) in [4.78, 5) is 48.0. The lowest BCUT2D eigenvalue weighted by Gasteiger charge is -2.19. The first-order valence-corrected chi connectivity index (χ1v) is 6.14. The molecule has 0 saturated heterocycles. The van der Waals surface area contributed by atoms with Gasteiger partial charge in [0.1, 0.15) is 11.1 Å². The van der Waals surface area contributed by atoms with Crippen LogP contribution in [0.1, 0.15) is 22.8 Å². The molecule has 1 aromatic carbocycles. The van der Waals surface area contributed by atoms with E-state index in [1.54, 1.807) is 5.32 Å². The first-order valence-electron chi connectivity index (χ1n) is 6.14. The summed E-state index contributed by atoms with van der Waals surface area (Å²) in [5, 5.41) is 15.6. The number of nitrogens with one attached hydrogen (secondary N) is 1. The van der Waals surface area contributed by atoms with E-state index in [1.165, 1.54) is 0 Å². The number of benzene rings is 1. The molecule has 0 saturated carbocycles. The molecule has 0 atom stereocenters. The van der Waals surface area contributed by atoms with E-state index in [2.05, 4.69) is 9.99 Å². The van der Waals surface area contributed by atoms with Crippen molar-refractivity contribution in [3.8, 4) is 0 Å². The largest absolute Gasteiger partial charge is 0.419 e. The van der Waals surface area contributed by atoms with E-state index in [0.717, 1.165) is 6.92 Å². The van der Waals surface area contributed by atoms with Crippen molar-refractivity contribution < 1.29 is 41.7 Å². The summed E-state index contributed by atoms with van der Waals surface area (Å²) in [5.74, 6) is -6.30. The van der Waals surface area contributed by atoms with E-state index >= 15 is 0 Å². The number of oxime groups is 1. The fraction of sp³-hybridized carbons (Fsp3) is 0.167. The lowest BCUT2D eigenvalue weighted by molar-refractivity contribution is -0.388. The molecule has 0 aromatic heterocycles. The van der Waals surface area contributed by atoms with Gasteiger partial charge in [-0.1, -0.05) is 5.16 Å². The SMILES string of the molecule is CC(=O)ON=C1C(=O)Nc2cc(C(F)(F)F)c(F)c([N+](=O)[O-])c2C1=O. The Labute approximate surface area is 134 Å². The predicted molar refractivity (Wildman–Crippen MR) is 70.2 cm³/mol. The Morgan fingerprint density at radius 1 is 1.36 bits per heavy atom. The molecule has 0 aliphatic carbocycles. The summed E-state index contributed by atoms with van der Waals surface area (Å²) in [6.45, 7) is 0.862. The van der Waals surface area contributed by atoms with E-state index in [1.807, 2.05) is 0 Å². The molecule has 1 aliphatic heterocycles. The molecule has 0 bridgehead atoms. The number of alkyl halides is 3. The molecule has 9 nitrogen and oxygen atoms in total. The number of hydrogen-bond acceptors (Lipinski definition) is 7. The molecule has 0 radical (unpaired) electrons. The van der Waals surface area contributed by atoms with E-state index in [0.29, 0.717) is 0 Å². The van der Waals surface area contributed by atoms with Crippen LogP contribution < -0.4 is 5.32 Å². The molecule has 13 heteroatoms. The Bertz CT molecular complexity index is 861. The molecular formula is C12H5F4N3O6. The van der Waals surface area contributed by atoms with Crippen molar-refractivity contribution in [3.05, 3.63) is 33.1 Å². The second-order valence-electron chi connectivity index (χ2n) is 4.57. The van der Waals surface area contributed by atoms with Crippen molar-refractivity contribution in [3.63, 3.8) is 0 Å². The summed E-state index contributed by atoms with van der Waals surface area (Å²) in [7, 11) is 0. The molecule has 1 heterocycles. The number of halogens is 4. The number of nitrogens with zero attached hydrogens (tertiary/aromatic N) is 2. The number of carbonyl (C=O) groups excluding carboxylic acids is 3. The molecule has 2 rings (SSSR count). The molecule has 132 valence electrons. The Morgan fingerprint density at radius 2 is 1.96 bits per heavy atom.